The van der Waals surface area contributed by atoms with Crippen LogP contribution in [-0.4, -0.2) is 132 Å². The molecule has 1 aliphatic carbocycles. The Kier molecular flexibility index (Phi) is 17.6. The van der Waals surface area contributed by atoms with E-state index in [0.717, 1.165) is 42.6 Å². The van der Waals surface area contributed by atoms with Gasteiger partial charge in [-0.05, 0) is 61.6 Å². The molecule has 0 aromatic heterocycles. The molecule has 1 saturated carbocycles. The maximum Gasteiger partial charge on any atom is 0.250 e. The average Bonchev–Trinajstić information content (AvgIpc) is 3.64. The summed E-state index contributed by atoms with van der Waals surface area (Å²) in [7, 11) is 2.75. The van der Waals surface area contributed by atoms with Gasteiger partial charge in [0.05, 0.1) is 12.3 Å². The van der Waals surface area contributed by atoms with Crippen LogP contribution in [0.4, 0.5) is 5.69 Å². The zero-order valence-electron chi connectivity index (χ0n) is 38.2. The molecule has 0 spiro atoms. The Balaban J connectivity index is 1.41. The van der Waals surface area contributed by atoms with Crippen molar-refractivity contribution >= 4 is 58.9 Å². The molecule has 2 aromatic carbocycles. The fraction of sp³-hybridized carbons (Fsp3) is 0.543. The predicted molar refractivity (Wildman–Crippen MR) is 245 cm³/mol. The number of likely N-dealkylation sites (N-methyl/N-ethyl adjacent to an activating group) is 2. The number of nitrogens with one attached hydrogen (secondary N) is 4. The third-order valence-corrected chi connectivity index (χ3v) is 12.8. The lowest BCUT2D eigenvalue weighted by Gasteiger charge is -2.34. The lowest BCUT2D eigenvalue weighted by atomic mass is 9.84. The number of aliphatic hydroxyl groups excluding tert-OH is 1. The number of nitrogens with zero attached hydrogens (tertiary/aromatic N) is 4. The minimum Gasteiger partial charge on any atom is -0.394 e. The van der Waals surface area contributed by atoms with Crippen LogP contribution in [0, 0.1) is 5.92 Å². The number of primary amides is 1. The number of rotatable bonds is 20. The van der Waals surface area contributed by atoms with Gasteiger partial charge in [0.1, 0.15) is 42.3 Å². The summed E-state index contributed by atoms with van der Waals surface area (Å²) in [6, 6.07) is 5.64. The highest BCUT2D eigenvalue weighted by molar-refractivity contribution is 6.09. The first kappa shape index (κ1) is 50.4. The molecule has 3 aliphatic rings. The Labute approximate surface area is 384 Å². The van der Waals surface area contributed by atoms with Gasteiger partial charge in [0, 0.05) is 34.0 Å². The first-order valence-corrected chi connectivity index (χ1v) is 22.6. The van der Waals surface area contributed by atoms with E-state index in [1.165, 1.54) is 37.7 Å². The number of carbonyl (C=O) groups is 8. The lowest BCUT2D eigenvalue weighted by molar-refractivity contribution is -0.143. The van der Waals surface area contributed by atoms with Gasteiger partial charge in [-0.1, -0.05) is 80.6 Å². The summed E-state index contributed by atoms with van der Waals surface area (Å²) in [4.78, 5) is 117. The predicted octanol–water partition coefficient (Wildman–Crippen LogP) is -0.602. The van der Waals surface area contributed by atoms with Crippen LogP contribution in [0.15, 0.2) is 53.5 Å². The second-order valence-electron chi connectivity index (χ2n) is 17.5. The molecule has 66 heavy (non-hydrogen) atoms. The van der Waals surface area contributed by atoms with Crippen molar-refractivity contribution in [3.63, 3.8) is 0 Å². The summed E-state index contributed by atoms with van der Waals surface area (Å²) >= 11 is 0. The number of aliphatic hydroxyl groups is 1. The van der Waals surface area contributed by atoms with Crippen molar-refractivity contribution in [3.05, 3.63) is 65.2 Å². The van der Waals surface area contributed by atoms with Crippen LogP contribution in [0.3, 0.4) is 0 Å². The monoisotopic (exact) mass is 915 g/mol. The quantitative estimate of drug-likeness (QED) is 0.0471. The van der Waals surface area contributed by atoms with Crippen LogP contribution >= 0.6 is 0 Å². The number of para-hydroxylation sites is 1. The van der Waals surface area contributed by atoms with E-state index >= 15 is 0 Å². The highest BCUT2D eigenvalue weighted by Gasteiger charge is 2.46. The number of hydrogen-bond donors (Lipinski definition) is 8. The molecule has 1 fully saturated rings. The number of hydrogen-bond acceptors (Lipinski definition) is 10. The molecule has 0 bridgehead atoms. The molecule has 0 unspecified atom stereocenters. The summed E-state index contributed by atoms with van der Waals surface area (Å²) in [5.41, 5.74) is 18.9. The van der Waals surface area contributed by atoms with Gasteiger partial charge in [0.15, 0.2) is 5.96 Å². The Hall–Kier alpha value is -6.57. The molecule has 358 valence electrons. The number of aryl methyl sites for hydroxylation is 1. The molecular weight excluding hydrogens is 851 g/mol. The topological polar surface area (TPSA) is 305 Å². The summed E-state index contributed by atoms with van der Waals surface area (Å²) in [6.45, 7) is 2.08. The van der Waals surface area contributed by atoms with Gasteiger partial charge in [0.2, 0.25) is 47.3 Å². The zero-order chi connectivity index (χ0) is 48.2. The van der Waals surface area contributed by atoms with E-state index in [1.54, 1.807) is 36.4 Å². The maximum absolute atomic E-state index is 14.7. The van der Waals surface area contributed by atoms with Gasteiger partial charge in [-0.15, -0.1) is 0 Å². The minimum atomic E-state index is -1.46. The second-order valence-corrected chi connectivity index (χ2v) is 17.5. The van der Waals surface area contributed by atoms with Crippen LogP contribution in [-0.2, 0) is 51.2 Å². The fourth-order valence-electron chi connectivity index (χ4n) is 9.13. The minimum absolute atomic E-state index is 0.0743. The maximum atomic E-state index is 14.7. The van der Waals surface area contributed by atoms with Crippen molar-refractivity contribution in [3.8, 4) is 0 Å². The number of amides is 8. The number of guanidine groups is 1. The number of anilines is 1. The normalized spacial score (nSPS) is 19.0. The molecule has 11 N–H and O–H groups in total. The van der Waals surface area contributed by atoms with Gasteiger partial charge in [0.25, 0.3) is 0 Å². The van der Waals surface area contributed by atoms with Crippen molar-refractivity contribution in [2.45, 2.75) is 127 Å². The van der Waals surface area contributed by atoms with E-state index in [9.17, 15) is 43.5 Å². The largest absolute Gasteiger partial charge is 0.394 e. The summed E-state index contributed by atoms with van der Waals surface area (Å²) in [6.07, 6.45) is 6.30. The van der Waals surface area contributed by atoms with Crippen molar-refractivity contribution in [2.75, 3.05) is 32.1 Å². The molecular formula is C46H65N11O9. The molecule has 2 aliphatic heterocycles. The first-order valence-electron chi connectivity index (χ1n) is 22.6. The van der Waals surface area contributed by atoms with E-state index in [2.05, 4.69) is 26.3 Å². The SMILES string of the molecule is CC(=O)N[C@@H](CC1CCCCC1)C(=O)N[C@@H](CCCN=C(N)N)C(=O)N(C)[C@H](C(=O)N[C@H]1CCc2cccc3c2N(C1=O)[C@H](C(=O)N[C@@H](CO)C(=O)N(C)[C@@H](C)C(N)=O)C3)c1ccccc1. The Morgan fingerprint density at radius 1 is 0.818 bits per heavy atom. The molecule has 8 amide bonds. The Bertz CT molecular complexity index is 2140. The van der Waals surface area contributed by atoms with Gasteiger partial charge >= 0.3 is 0 Å². The van der Waals surface area contributed by atoms with Gasteiger partial charge in [-0.3, -0.25) is 48.2 Å². The first-order chi connectivity index (χ1) is 31.4. The van der Waals surface area contributed by atoms with Gasteiger partial charge in [-0.2, -0.15) is 0 Å². The lowest BCUT2D eigenvalue weighted by Crippen LogP contribution is -2.59. The average molecular weight is 916 g/mol. The molecule has 2 heterocycles. The van der Waals surface area contributed by atoms with Crippen LogP contribution in [0.25, 0.3) is 0 Å². The molecule has 0 saturated heterocycles. The molecule has 0 radical (unpaired) electrons. The van der Waals surface area contributed by atoms with E-state index in [1.807, 2.05) is 12.1 Å². The van der Waals surface area contributed by atoms with Crippen LogP contribution in [0.2, 0.25) is 0 Å². The van der Waals surface area contributed by atoms with Crippen molar-refractivity contribution < 1.29 is 43.5 Å². The molecule has 7 atom stereocenters. The summed E-state index contributed by atoms with van der Waals surface area (Å²) in [5.74, 6) is -5.10. The number of carbonyl (C=O) groups excluding carboxylic acids is 8. The van der Waals surface area contributed by atoms with Crippen molar-refractivity contribution in [2.24, 2.45) is 28.1 Å². The van der Waals surface area contributed by atoms with Crippen LogP contribution < -0.4 is 43.4 Å². The third-order valence-electron chi connectivity index (χ3n) is 12.8. The molecule has 2 aromatic rings. The number of aliphatic imine (C=N–C) groups is 1. The van der Waals surface area contributed by atoms with Gasteiger partial charge in [-0.25, -0.2) is 0 Å². The third kappa shape index (κ3) is 12.4. The molecule has 20 nitrogen and oxygen atoms in total. The standard InChI is InChI=1S/C46H65N11O9/c1-26(39(47)60)55(3)44(65)35(25-58)54-41(62)36-24-31-18-11-17-30-20-21-33(45(66)57(36)37(30)31)53-42(63)38(29-15-9-6-10-16-29)56(4)43(64)32(19-12-22-50-46(48)49)52-40(61)34(51-27(2)59)23-28-13-7-5-8-14-28/h6,9-11,15-18,26,28,32-36,38,58H,5,7-8,12-14,19-25H2,1-4H3,(H2,47,60)(H,51,59)(H,52,61)(H,53,63)(H,54,62)(H4,48,49,50)/t26-,32-,33-,34-,35-,36-,38-/m0/s1. The Morgan fingerprint density at radius 2 is 1.48 bits per heavy atom. The highest BCUT2D eigenvalue weighted by atomic mass is 16.3. The van der Waals surface area contributed by atoms with Gasteiger partial charge < -0.3 is 53.4 Å². The molecule has 5 rings (SSSR count). The van der Waals surface area contributed by atoms with Crippen LogP contribution in [0.5, 0.6) is 0 Å². The molecule has 20 heteroatoms. The smallest absolute Gasteiger partial charge is 0.250 e. The van der Waals surface area contributed by atoms with E-state index < -0.39 is 96.2 Å². The van der Waals surface area contributed by atoms with E-state index in [0.29, 0.717) is 29.7 Å². The van der Waals surface area contributed by atoms with E-state index in [-0.39, 0.29) is 44.1 Å². The summed E-state index contributed by atoms with van der Waals surface area (Å²) in [5, 5.41) is 21.2. The number of nitrogens with two attached hydrogens (primary N) is 3. The van der Waals surface area contributed by atoms with Crippen molar-refractivity contribution in [1.82, 2.24) is 31.1 Å². The number of benzene rings is 2. The Morgan fingerprint density at radius 3 is 2.12 bits per heavy atom. The zero-order valence-corrected chi connectivity index (χ0v) is 38.2. The van der Waals surface area contributed by atoms with Crippen LogP contribution in [0.1, 0.15) is 94.4 Å². The van der Waals surface area contributed by atoms with Crippen molar-refractivity contribution in [1.29, 1.82) is 0 Å². The fourth-order valence-corrected chi connectivity index (χ4v) is 9.13. The summed E-state index contributed by atoms with van der Waals surface area (Å²) < 4.78 is 0. The van der Waals surface area contributed by atoms with E-state index in [4.69, 9.17) is 17.2 Å². The highest BCUT2D eigenvalue weighted by Crippen LogP contribution is 2.39. The second kappa shape index (κ2) is 23.1.